The van der Waals surface area contributed by atoms with Crippen LogP contribution in [0.5, 0.6) is 0 Å². The lowest BCUT2D eigenvalue weighted by Crippen LogP contribution is -2.33. The van der Waals surface area contributed by atoms with Gasteiger partial charge in [-0.3, -0.25) is 9.10 Å². The molecule has 0 fully saturated rings. The molecule has 7 heteroatoms. The number of para-hydroxylation sites is 1. The predicted molar refractivity (Wildman–Crippen MR) is 103 cm³/mol. The highest BCUT2D eigenvalue weighted by Gasteiger charge is 2.20. The van der Waals surface area contributed by atoms with Gasteiger partial charge in [0.25, 0.3) is 0 Å². The van der Waals surface area contributed by atoms with Gasteiger partial charge in [-0.25, -0.2) is 8.42 Å². The monoisotopic (exact) mass is 380 g/mol. The van der Waals surface area contributed by atoms with E-state index in [0.29, 0.717) is 16.4 Å². The Labute approximate surface area is 153 Å². The van der Waals surface area contributed by atoms with Crippen molar-refractivity contribution in [1.82, 2.24) is 0 Å². The Morgan fingerprint density at radius 2 is 1.84 bits per heavy atom. The second kappa shape index (κ2) is 7.89. The molecular weight excluding hydrogens is 360 g/mol. The number of aryl methyl sites for hydroxylation is 2. The quantitative estimate of drug-likeness (QED) is 0.829. The van der Waals surface area contributed by atoms with Gasteiger partial charge >= 0.3 is 0 Å². The standard InChI is InChI=1S/C18H21ClN2O3S/c1-13-8-9-17(14(2)12-13)21(25(3,23)24)11-10-18(22)20-16-7-5-4-6-15(16)19/h4-9,12H,10-11H2,1-3H3,(H,20,22). The summed E-state index contributed by atoms with van der Waals surface area (Å²) in [5, 5.41) is 3.14. The fourth-order valence-electron chi connectivity index (χ4n) is 2.53. The minimum absolute atomic E-state index is 0.0195. The van der Waals surface area contributed by atoms with Crippen LogP contribution in [0.2, 0.25) is 5.02 Å². The second-order valence-corrected chi connectivity index (χ2v) is 8.22. The Balaban J connectivity index is 2.13. The number of nitrogens with one attached hydrogen (secondary N) is 1. The molecule has 0 unspecified atom stereocenters. The molecule has 2 rings (SSSR count). The molecule has 0 atom stereocenters. The summed E-state index contributed by atoms with van der Waals surface area (Å²) in [6.07, 6.45) is 1.16. The van der Waals surface area contributed by atoms with Crippen LogP contribution < -0.4 is 9.62 Å². The number of sulfonamides is 1. The van der Waals surface area contributed by atoms with Gasteiger partial charge in [0.15, 0.2) is 0 Å². The van der Waals surface area contributed by atoms with Crippen LogP contribution in [0.25, 0.3) is 0 Å². The molecule has 0 spiro atoms. The third kappa shape index (κ3) is 5.21. The largest absolute Gasteiger partial charge is 0.325 e. The van der Waals surface area contributed by atoms with Gasteiger partial charge in [0.05, 0.1) is 22.7 Å². The van der Waals surface area contributed by atoms with Crippen molar-refractivity contribution in [2.24, 2.45) is 0 Å². The third-order valence-electron chi connectivity index (χ3n) is 3.71. The molecule has 0 aromatic heterocycles. The molecule has 5 nitrogen and oxygen atoms in total. The van der Waals surface area contributed by atoms with E-state index in [0.717, 1.165) is 17.4 Å². The lowest BCUT2D eigenvalue weighted by molar-refractivity contribution is -0.116. The van der Waals surface area contributed by atoms with Crippen LogP contribution >= 0.6 is 11.6 Å². The summed E-state index contributed by atoms with van der Waals surface area (Å²) in [5.41, 5.74) is 2.98. The van der Waals surface area contributed by atoms with Crippen molar-refractivity contribution >= 4 is 38.9 Å². The van der Waals surface area contributed by atoms with Gasteiger partial charge in [-0.1, -0.05) is 41.4 Å². The number of anilines is 2. The molecule has 1 amide bonds. The Kier molecular flexibility index (Phi) is 6.08. The summed E-state index contributed by atoms with van der Waals surface area (Å²) in [6, 6.07) is 12.4. The van der Waals surface area contributed by atoms with E-state index in [4.69, 9.17) is 11.6 Å². The second-order valence-electron chi connectivity index (χ2n) is 5.90. The topological polar surface area (TPSA) is 66.5 Å². The first-order valence-electron chi connectivity index (χ1n) is 7.78. The summed E-state index contributed by atoms with van der Waals surface area (Å²) >= 11 is 6.01. The van der Waals surface area contributed by atoms with Crippen LogP contribution in [-0.4, -0.2) is 27.1 Å². The molecule has 0 saturated carbocycles. The molecular formula is C18H21ClN2O3S. The van der Waals surface area contributed by atoms with Gasteiger partial charge in [0, 0.05) is 13.0 Å². The third-order valence-corrected chi connectivity index (χ3v) is 5.22. The fraction of sp³-hybridized carbons (Fsp3) is 0.278. The molecule has 0 aliphatic heterocycles. The highest BCUT2D eigenvalue weighted by molar-refractivity contribution is 7.92. The summed E-state index contributed by atoms with van der Waals surface area (Å²) in [7, 11) is -3.50. The average molecular weight is 381 g/mol. The number of nitrogens with zero attached hydrogens (tertiary/aromatic N) is 1. The van der Waals surface area contributed by atoms with Gasteiger partial charge in [0.1, 0.15) is 0 Å². The van der Waals surface area contributed by atoms with E-state index in [1.165, 1.54) is 4.31 Å². The van der Waals surface area contributed by atoms with Gasteiger partial charge < -0.3 is 5.32 Å². The Hall–Kier alpha value is -2.05. The van der Waals surface area contributed by atoms with E-state index in [2.05, 4.69) is 5.32 Å². The lowest BCUT2D eigenvalue weighted by atomic mass is 10.1. The highest BCUT2D eigenvalue weighted by atomic mass is 35.5. The molecule has 1 N–H and O–H groups in total. The fourth-order valence-corrected chi connectivity index (χ4v) is 3.70. The Bertz CT molecular complexity index is 882. The van der Waals surface area contributed by atoms with Crippen molar-refractivity contribution in [2.75, 3.05) is 22.4 Å². The van der Waals surface area contributed by atoms with Gasteiger partial charge in [0.2, 0.25) is 15.9 Å². The molecule has 0 aliphatic carbocycles. The van der Waals surface area contributed by atoms with Crippen LogP contribution in [0.1, 0.15) is 17.5 Å². The van der Waals surface area contributed by atoms with Crippen LogP contribution in [0.4, 0.5) is 11.4 Å². The normalized spacial score (nSPS) is 11.2. The van der Waals surface area contributed by atoms with Crippen molar-refractivity contribution in [2.45, 2.75) is 20.3 Å². The summed E-state index contributed by atoms with van der Waals surface area (Å²) in [5.74, 6) is -0.300. The number of amides is 1. The molecule has 0 saturated heterocycles. The maximum absolute atomic E-state index is 12.2. The van der Waals surface area contributed by atoms with Crippen molar-refractivity contribution < 1.29 is 13.2 Å². The van der Waals surface area contributed by atoms with Crippen molar-refractivity contribution in [1.29, 1.82) is 0 Å². The van der Waals surface area contributed by atoms with Crippen LogP contribution in [0.3, 0.4) is 0 Å². The maximum Gasteiger partial charge on any atom is 0.232 e. The molecule has 0 bridgehead atoms. The first-order chi connectivity index (χ1) is 11.7. The smallest absolute Gasteiger partial charge is 0.232 e. The van der Waals surface area contributed by atoms with Gasteiger partial charge in [-0.2, -0.15) is 0 Å². The summed E-state index contributed by atoms with van der Waals surface area (Å²) in [6.45, 7) is 3.85. The Morgan fingerprint density at radius 1 is 1.16 bits per heavy atom. The number of carbonyl (C=O) groups is 1. The zero-order valence-corrected chi connectivity index (χ0v) is 16.0. The SMILES string of the molecule is Cc1ccc(N(CCC(=O)Nc2ccccc2Cl)S(C)(=O)=O)c(C)c1. The minimum Gasteiger partial charge on any atom is -0.325 e. The molecule has 0 aliphatic rings. The molecule has 2 aromatic carbocycles. The molecule has 134 valence electrons. The zero-order valence-electron chi connectivity index (χ0n) is 14.4. The summed E-state index contributed by atoms with van der Waals surface area (Å²) < 4.78 is 25.6. The van der Waals surface area contributed by atoms with Crippen LogP contribution in [-0.2, 0) is 14.8 Å². The number of benzene rings is 2. The zero-order chi connectivity index (χ0) is 18.6. The molecule has 25 heavy (non-hydrogen) atoms. The average Bonchev–Trinajstić information content (AvgIpc) is 2.50. The number of hydrogen-bond donors (Lipinski definition) is 1. The van der Waals surface area contributed by atoms with Crippen LogP contribution in [0, 0.1) is 13.8 Å². The van der Waals surface area contributed by atoms with Gasteiger partial charge in [-0.15, -0.1) is 0 Å². The first kappa shape index (κ1) is 19.3. The molecule has 2 aromatic rings. The van der Waals surface area contributed by atoms with Crippen molar-refractivity contribution in [3.05, 3.63) is 58.6 Å². The highest BCUT2D eigenvalue weighted by Crippen LogP contribution is 2.24. The van der Waals surface area contributed by atoms with Gasteiger partial charge in [-0.05, 0) is 37.6 Å². The van der Waals surface area contributed by atoms with E-state index < -0.39 is 10.0 Å². The number of carbonyl (C=O) groups excluding carboxylic acids is 1. The maximum atomic E-state index is 12.2. The number of rotatable bonds is 6. The van der Waals surface area contributed by atoms with Crippen molar-refractivity contribution in [3.8, 4) is 0 Å². The summed E-state index contributed by atoms with van der Waals surface area (Å²) in [4.78, 5) is 12.2. The van der Waals surface area contributed by atoms with Crippen molar-refractivity contribution in [3.63, 3.8) is 0 Å². The lowest BCUT2D eigenvalue weighted by Gasteiger charge is -2.24. The number of hydrogen-bond acceptors (Lipinski definition) is 3. The van der Waals surface area contributed by atoms with E-state index in [1.807, 2.05) is 26.0 Å². The molecule has 0 radical (unpaired) electrons. The van der Waals surface area contributed by atoms with E-state index in [1.54, 1.807) is 30.3 Å². The first-order valence-corrected chi connectivity index (χ1v) is 10.0. The van der Waals surface area contributed by atoms with E-state index >= 15 is 0 Å². The van der Waals surface area contributed by atoms with Crippen LogP contribution in [0.15, 0.2) is 42.5 Å². The van der Waals surface area contributed by atoms with E-state index in [9.17, 15) is 13.2 Å². The molecule has 0 heterocycles. The number of halogens is 1. The minimum atomic E-state index is -3.50. The predicted octanol–water partition coefficient (Wildman–Crippen LogP) is 3.75. The Morgan fingerprint density at radius 3 is 2.44 bits per heavy atom. The van der Waals surface area contributed by atoms with E-state index in [-0.39, 0.29) is 18.9 Å².